The van der Waals surface area contributed by atoms with Crippen molar-refractivity contribution in [1.29, 1.82) is 0 Å². The minimum absolute atomic E-state index is 0.00763. The molecular formula is C26H22F3N3O4. The Morgan fingerprint density at radius 3 is 2.25 bits per heavy atom. The van der Waals surface area contributed by atoms with Gasteiger partial charge in [-0.15, -0.1) is 10.2 Å². The van der Waals surface area contributed by atoms with Gasteiger partial charge in [-0.05, 0) is 41.8 Å². The molecule has 186 valence electrons. The number of carbonyl (C=O) groups is 1. The SMILES string of the molecule is C[C@](N)(CC(=O)O)c1nnc(-c2ccc(OCc3ccc(-c4ccccc4)cc3)c(C(F)(F)F)c2)o1. The van der Waals surface area contributed by atoms with Gasteiger partial charge in [0.25, 0.3) is 0 Å². The number of carboxylic acid groups (broad SMARTS) is 1. The minimum Gasteiger partial charge on any atom is -0.488 e. The monoisotopic (exact) mass is 497 g/mol. The van der Waals surface area contributed by atoms with Gasteiger partial charge < -0.3 is 20.0 Å². The molecule has 0 unspecified atom stereocenters. The van der Waals surface area contributed by atoms with E-state index in [4.69, 9.17) is 20.0 Å². The van der Waals surface area contributed by atoms with E-state index in [2.05, 4.69) is 10.2 Å². The number of alkyl halides is 3. The Labute approximate surface area is 204 Å². The van der Waals surface area contributed by atoms with E-state index in [0.29, 0.717) is 5.56 Å². The first kappa shape index (κ1) is 24.9. The third-order valence-corrected chi connectivity index (χ3v) is 5.42. The van der Waals surface area contributed by atoms with Crippen molar-refractivity contribution in [2.75, 3.05) is 0 Å². The molecule has 10 heteroatoms. The lowest BCUT2D eigenvalue weighted by molar-refractivity contribution is -0.139. The van der Waals surface area contributed by atoms with E-state index in [9.17, 15) is 18.0 Å². The van der Waals surface area contributed by atoms with Crippen molar-refractivity contribution in [2.24, 2.45) is 5.73 Å². The van der Waals surface area contributed by atoms with Crippen LogP contribution in [0.25, 0.3) is 22.6 Å². The van der Waals surface area contributed by atoms with Crippen LogP contribution in [0.15, 0.2) is 77.2 Å². The van der Waals surface area contributed by atoms with E-state index in [1.165, 1.54) is 19.1 Å². The van der Waals surface area contributed by atoms with Gasteiger partial charge in [0.2, 0.25) is 11.8 Å². The van der Waals surface area contributed by atoms with Crippen molar-refractivity contribution in [1.82, 2.24) is 10.2 Å². The average Bonchev–Trinajstić information content (AvgIpc) is 3.34. The first-order valence-electron chi connectivity index (χ1n) is 10.9. The summed E-state index contributed by atoms with van der Waals surface area (Å²) in [6.45, 7) is 1.31. The Bertz CT molecular complexity index is 1350. The molecule has 0 aliphatic heterocycles. The first-order chi connectivity index (χ1) is 17.0. The van der Waals surface area contributed by atoms with E-state index in [1.54, 1.807) is 12.1 Å². The lowest BCUT2D eigenvalue weighted by atomic mass is 10.00. The van der Waals surface area contributed by atoms with Gasteiger partial charge in [0.1, 0.15) is 17.9 Å². The molecule has 0 radical (unpaired) electrons. The fraction of sp³-hybridized carbons (Fsp3) is 0.192. The molecule has 0 spiro atoms. The summed E-state index contributed by atoms with van der Waals surface area (Å²) < 4.78 is 52.4. The maximum atomic E-state index is 13.8. The highest BCUT2D eigenvalue weighted by Gasteiger charge is 2.36. The maximum Gasteiger partial charge on any atom is 0.419 e. The summed E-state index contributed by atoms with van der Waals surface area (Å²) >= 11 is 0. The predicted octanol–water partition coefficient (Wildman–Crippen LogP) is 5.65. The molecule has 3 aromatic carbocycles. The topological polar surface area (TPSA) is 111 Å². The van der Waals surface area contributed by atoms with Crippen LogP contribution in [0.1, 0.15) is 30.4 Å². The number of aromatic nitrogens is 2. The molecule has 1 heterocycles. The molecule has 1 atom stereocenters. The van der Waals surface area contributed by atoms with Crippen LogP contribution < -0.4 is 10.5 Å². The number of nitrogens with zero attached hydrogens (tertiary/aromatic N) is 2. The highest BCUT2D eigenvalue weighted by atomic mass is 19.4. The van der Waals surface area contributed by atoms with Gasteiger partial charge in [-0.2, -0.15) is 13.2 Å². The van der Waals surface area contributed by atoms with Gasteiger partial charge >= 0.3 is 12.1 Å². The number of rotatable bonds is 8. The van der Waals surface area contributed by atoms with Crippen molar-refractivity contribution in [3.05, 3.63) is 89.8 Å². The predicted molar refractivity (Wildman–Crippen MR) is 125 cm³/mol. The van der Waals surface area contributed by atoms with Crippen LogP contribution in [0, 0.1) is 0 Å². The number of hydrogen-bond acceptors (Lipinski definition) is 6. The lowest BCUT2D eigenvalue weighted by Gasteiger charge is -2.17. The molecular weight excluding hydrogens is 475 g/mol. The van der Waals surface area contributed by atoms with E-state index >= 15 is 0 Å². The second kappa shape index (κ2) is 9.82. The second-order valence-corrected chi connectivity index (χ2v) is 8.46. The summed E-state index contributed by atoms with van der Waals surface area (Å²) in [6, 6.07) is 20.4. The van der Waals surface area contributed by atoms with Crippen molar-refractivity contribution < 1.29 is 32.2 Å². The van der Waals surface area contributed by atoms with Crippen LogP contribution in [-0.2, 0) is 23.1 Å². The molecule has 36 heavy (non-hydrogen) atoms. The molecule has 0 amide bonds. The van der Waals surface area contributed by atoms with Gasteiger partial charge in [-0.25, -0.2) is 0 Å². The molecule has 0 saturated carbocycles. The van der Waals surface area contributed by atoms with Crippen molar-refractivity contribution in [3.63, 3.8) is 0 Å². The van der Waals surface area contributed by atoms with Gasteiger partial charge in [-0.1, -0.05) is 54.6 Å². The maximum absolute atomic E-state index is 13.8. The number of nitrogens with two attached hydrogens (primary N) is 1. The zero-order valence-electron chi connectivity index (χ0n) is 19.1. The molecule has 0 aliphatic carbocycles. The third kappa shape index (κ3) is 5.72. The summed E-state index contributed by atoms with van der Waals surface area (Å²) in [5, 5.41) is 16.4. The molecule has 1 aromatic heterocycles. The summed E-state index contributed by atoms with van der Waals surface area (Å²) in [5.74, 6) is -1.96. The number of aliphatic carboxylic acids is 1. The van der Waals surface area contributed by atoms with E-state index < -0.39 is 29.7 Å². The number of benzene rings is 3. The van der Waals surface area contributed by atoms with Crippen molar-refractivity contribution in [3.8, 4) is 28.3 Å². The van der Waals surface area contributed by atoms with Crippen LogP contribution in [0.2, 0.25) is 0 Å². The lowest BCUT2D eigenvalue weighted by Crippen LogP contribution is -2.36. The van der Waals surface area contributed by atoms with Crippen LogP contribution >= 0.6 is 0 Å². The van der Waals surface area contributed by atoms with Crippen LogP contribution in [-0.4, -0.2) is 21.3 Å². The largest absolute Gasteiger partial charge is 0.488 e. The van der Waals surface area contributed by atoms with Gasteiger partial charge in [-0.3, -0.25) is 4.79 Å². The smallest absolute Gasteiger partial charge is 0.419 e. The summed E-state index contributed by atoms with van der Waals surface area (Å²) in [7, 11) is 0. The van der Waals surface area contributed by atoms with E-state index in [1.807, 2.05) is 42.5 Å². The zero-order chi connectivity index (χ0) is 25.9. The molecule has 0 bridgehead atoms. The Hall–Kier alpha value is -4.18. The Morgan fingerprint density at radius 2 is 1.61 bits per heavy atom. The second-order valence-electron chi connectivity index (χ2n) is 8.46. The molecule has 0 saturated heterocycles. The zero-order valence-corrected chi connectivity index (χ0v) is 19.1. The fourth-order valence-corrected chi connectivity index (χ4v) is 3.56. The number of hydrogen-bond donors (Lipinski definition) is 2. The van der Waals surface area contributed by atoms with Crippen molar-refractivity contribution in [2.45, 2.75) is 31.7 Å². The molecule has 7 nitrogen and oxygen atoms in total. The molecule has 3 N–H and O–H groups in total. The van der Waals surface area contributed by atoms with Crippen LogP contribution in [0.3, 0.4) is 0 Å². The standard InChI is InChI=1S/C26H22F3N3O4/c1-25(30,14-22(33)34)24-32-31-23(36-24)19-11-12-21(20(13-19)26(27,28)29)35-15-16-7-9-18(10-8-16)17-5-3-2-4-6-17/h2-13H,14-15,30H2,1H3,(H,33,34)/t25-/m0/s1. The van der Waals surface area contributed by atoms with Gasteiger partial charge in [0, 0.05) is 5.56 Å². The quantitative estimate of drug-likeness (QED) is 0.324. The molecule has 4 aromatic rings. The molecule has 0 fully saturated rings. The molecule has 0 aliphatic rings. The third-order valence-electron chi connectivity index (χ3n) is 5.42. The number of halogens is 3. The van der Waals surface area contributed by atoms with Crippen molar-refractivity contribution >= 4 is 5.97 Å². The number of carboxylic acids is 1. The van der Waals surface area contributed by atoms with Crippen LogP contribution in [0.4, 0.5) is 13.2 Å². The Balaban J connectivity index is 1.54. The average molecular weight is 497 g/mol. The van der Waals surface area contributed by atoms with Crippen LogP contribution in [0.5, 0.6) is 5.75 Å². The Morgan fingerprint density at radius 1 is 0.972 bits per heavy atom. The summed E-state index contributed by atoms with van der Waals surface area (Å²) in [4.78, 5) is 11.0. The normalized spacial score (nSPS) is 13.2. The van der Waals surface area contributed by atoms with Gasteiger partial charge in [0.05, 0.1) is 12.0 Å². The van der Waals surface area contributed by atoms with E-state index in [0.717, 1.165) is 17.2 Å². The fourth-order valence-electron chi connectivity index (χ4n) is 3.56. The Kier molecular flexibility index (Phi) is 6.80. The molecule has 4 rings (SSSR count). The minimum atomic E-state index is -4.71. The summed E-state index contributed by atoms with van der Waals surface area (Å²) in [6.07, 6.45) is -5.21. The van der Waals surface area contributed by atoms with E-state index in [-0.39, 0.29) is 29.7 Å². The first-order valence-corrected chi connectivity index (χ1v) is 10.9. The highest BCUT2D eigenvalue weighted by Crippen LogP contribution is 2.39. The van der Waals surface area contributed by atoms with Gasteiger partial charge in [0.15, 0.2) is 0 Å². The highest BCUT2D eigenvalue weighted by molar-refractivity contribution is 5.68. The summed E-state index contributed by atoms with van der Waals surface area (Å²) in [5.41, 5.74) is 6.13. The number of ether oxygens (including phenoxy) is 1.